The zero-order valence-electron chi connectivity index (χ0n) is 10.4. The number of rotatable bonds is 4. The number of aromatic nitrogens is 4. The Kier molecular flexibility index (Phi) is 3.31. The highest BCUT2D eigenvalue weighted by Gasteiger charge is 2.16. The van der Waals surface area contributed by atoms with Crippen LogP contribution < -0.4 is 11.1 Å². The van der Waals surface area contributed by atoms with E-state index in [-0.39, 0.29) is 17.6 Å². The molecule has 7 heteroatoms. The first-order valence-corrected chi connectivity index (χ1v) is 5.63. The molecule has 2 aromatic heterocycles. The third-order valence-corrected chi connectivity index (χ3v) is 2.47. The van der Waals surface area contributed by atoms with E-state index in [9.17, 15) is 4.79 Å². The molecule has 2 heterocycles. The number of amides is 1. The number of nitrogens with zero attached hydrogens (tertiary/aromatic N) is 4. The maximum absolute atomic E-state index is 11.9. The van der Waals surface area contributed by atoms with Crippen molar-refractivity contribution in [1.82, 2.24) is 24.9 Å². The summed E-state index contributed by atoms with van der Waals surface area (Å²) in [4.78, 5) is 11.9. The third-order valence-electron chi connectivity index (χ3n) is 2.47. The van der Waals surface area contributed by atoms with E-state index >= 15 is 0 Å². The van der Waals surface area contributed by atoms with Crippen molar-refractivity contribution in [3.8, 4) is 0 Å². The number of hydrogen-bond acceptors (Lipinski definition) is 4. The Labute approximate surface area is 105 Å². The lowest BCUT2D eigenvalue weighted by atomic mass is 10.3. The third kappa shape index (κ3) is 2.68. The summed E-state index contributed by atoms with van der Waals surface area (Å²) >= 11 is 0. The van der Waals surface area contributed by atoms with E-state index in [1.807, 2.05) is 19.2 Å². The Balaban J connectivity index is 1.97. The fourth-order valence-electron chi connectivity index (χ4n) is 1.71. The maximum atomic E-state index is 11.9. The van der Waals surface area contributed by atoms with Crippen LogP contribution in [0.1, 0.15) is 17.4 Å². The van der Waals surface area contributed by atoms with E-state index in [1.54, 1.807) is 24.1 Å². The number of aryl methyl sites for hydroxylation is 1. The molecule has 0 fully saturated rings. The molecule has 0 saturated heterocycles. The lowest BCUT2D eigenvalue weighted by Crippen LogP contribution is -2.36. The zero-order valence-corrected chi connectivity index (χ0v) is 10.4. The van der Waals surface area contributed by atoms with Gasteiger partial charge in [0.25, 0.3) is 5.91 Å². The Morgan fingerprint density at radius 3 is 2.94 bits per heavy atom. The zero-order chi connectivity index (χ0) is 13.1. The van der Waals surface area contributed by atoms with Crippen LogP contribution in [0.5, 0.6) is 0 Å². The molecule has 0 aliphatic rings. The molecule has 0 spiro atoms. The van der Waals surface area contributed by atoms with E-state index in [1.165, 1.54) is 4.68 Å². The number of anilines is 1. The van der Waals surface area contributed by atoms with Crippen LogP contribution in [0.3, 0.4) is 0 Å². The van der Waals surface area contributed by atoms with Crippen LogP contribution in [0, 0.1) is 0 Å². The minimum absolute atomic E-state index is 0.0567. The van der Waals surface area contributed by atoms with Gasteiger partial charge < -0.3 is 11.1 Å². The van der Waals surface area contributed by atoms with Gasteiger partial charge in [-0.15, -0.1) is 0 Å². The average Bonchev–Trinajstić information content (AvgIpc) is 2.88. The van der Waals surface area contributed by atoms with Gasteiger partial charge in [0.05, 0.1) is 12.2 Å². The molecule has 2 rings (SSSR count). The fraction of sp³-hybridized carbons (Fsp3) is 0.364. The molecular weight excluding hydrogens is 232 g/mol. The lowest BCUT2D eigenvalue weighted by molar-refractivity contribution is 0.0931. The van der Waals surface area contributed by atoms with Crippen molar-refractivity contribution in [2.45, 2.75) is 19.5 Å². The SMILES string of the molecule is CC(Cn1cccn1)NC(=O)c1nn(C)cc1N. The number of nitrogens with two attached hydrogens (primary N) is 1. The molecule has 0 aliphatic heterocycles. The number of nitrogens with one attached hydrogen (secondary N) is 1. The molecule has 18 heavy (non-hydrogen) atoms. The van der Waals surface area contributed by atoms with Crippen molar-refractivity contribution in [3.05, 3.63) is 30.4 Å². The van der Waals surface area contributed by atoms with Gasteiger partial charge in [-0.05, 0) is 13.0 Å². The molecule has 1 unspecified atom stereocenters. The second-order valence-electron chi connectivity index (χ2n) is 4.21. The van der Waals surface area contributed by atoms with Gasteiger partial charge in [0.1, 0.15) is 0 Å². The van der Waals surface area contributed by atoms with Gasteiger partial charge in [-0.2, -0.15) is 10.2 Å². The van der Waals surface area contributed by atoms with Crippen LogP contribution in [0.25, 0.3) is 0 Å². The molecule has 1 atom stereocenters. The molecule has 0 radical (unpaired) electrons. The molecule has 96 valence electrons. The summed E-state index contributed by atoms with van der Waals surface area (Å²) < 4.78 is 3.27. The summed E-state index contributed by atoms with van der Waals surface area (Å²) in [5.41, 5.74) is 6.32. The van der Waals surface area contributed by atoms with Crippen molar-refractivity contribution in [2.75, 3.05) is 5.73 Å². The van der Waals surface area contributed by atoms with Gasteiger partial charge in [-0.25, -0.2) is 0 Å². The van der Waals surface area contributed by atoms with Gasteiger partial charge in [0, 0.05) is 31.7 Å². The second-order valence-corrected chi connectivity index (χ2v) is 4.21. The minimum Gasteiger partial charge on any atom is -0.396 e. The van der Waals surface area contributed by atoms with Gasteiger partial charge in [0.2, 0.25) is 0 Å². The van der Waals surface area contributed by atoms with Crippen molar-refractivity contribution in [1.29, 1.82) is 0 Å². The first kappa shape index (κ1) is 12.2. The smallest absolute Gasteiger partial charge is 0.274 e. The molecule has 0 saturated carbocycles. The largest absolute Gasteiger partial charge is 0.396 e. The van der Waals surface area contributed by atoms with E-state index in [0.29, 0.717) is 12.2 Å². The van der Waals surface area contributed by atoms with Crippen molar-refractivity contribution >= 4 is 11.6 Å². The average molecular weight is 248 g/mol. The fourth-order valence-corrected chi connectivity index (χ4v) is 1.71. The van der Waals surface area contributed by atoms with E-state index < -0.39 is 0 Å². The first-order valence-electron chi connectivity index (χ1n) is 5.63. The Morgan fingerprint density at radius 1 is 1.61 bits per heavy atom. The molecule has 0 aromatic carbocycles. The number of carbonyl (C=O) groups is 1. The Bertz CT molecular complexity index is 530. The van der Waals surface area contributed by atoms with E-state index in [2.05, 4.69) is 15.5 Å². The lowest BCUT2D eigenvalue weighted by Gasteiger charge is -2.13. The molecule has 0 aliphatic carbocycles. The molecule has 1 amide bonds. The quantitative estimate of drug-likeness (QED) is 0.798. The van der Waals surface area contributed by atoms with Crippen molar-refractivity contribution in [3.63, 3.8) is 0 Å². The molecule has 2 aromatic rings. The van der Waals surface area contributed by atoms with Crippen molar-refractivity contribution < 1.29 is 4.79 Å². The second kappa shape index (κ2) is 4.91. The molecular formula is C11H16N6O. The monoisotopic (exact) mass is 248 g/mol. The normalized spacial score (nSPS) is 12.3. The van der Waals surface area contributed by atoms with Crippen LogP contribution in [0.2, 0.25) is 0 Å². The van der Waals surface area contributed by atoms with Crippen LogP contribution in [0.15, 0.2) is 24.7 Å². The summed E-state index contributed by atoms with van der Waals surface area (Å²) in [6.07, 6.45) is 5.15. The molecule has 3 N–H and O–H groups in total. The summed E-state index contributed by atoms with van der Waals surface area (Å²) in [5.74, 6) is -0.271. The minimum atomic E-state index is -0.271. The maximum Gasteiger partial charge on any atom is 0.274 e. The van der Waals surface area contributed by atoms with Crippen LogP contribution in [0.4, 0.5) is 5.69 Å². The Hall–Kier alpha value is -2.31. The van der Waals surface area contributed by atoms with Crippen molar-refractivity contribution in [2.24, 2.45) is 7.05 Å². The molecule has 0 bridgehead atoms. The topological polar surface area (TPSA) is 90.8 Å². The predicted octanol–water partition coefficient (Wildman–Crippen LogP) is 0.0173. The summed E-state index contributed by atoms with van der Waals surface area (Å²) in [6.45, 7) is 2.50. The number of hydrogen-bond donors (Lipinski definition) is 2. The predicted molar refractivity (Wildman–Crippen MR) is 66.8 cm³/mol. The van der Waals surface area contributed by atoms with Gasteiger partial charge >= 0.3 is 0 Å². The van der Waals surface area contributed by atoms with E-state index in [0.717, 1.165) is 0 Å². The first-order chi connectivity index (χ1) is 8.56. The van der Waals surface area contributed by atoms with E-state index in [4.69, 9.17) is 5.73 Å². The molecule has 7 nitrogen and oxygen atoms in total. The number of nitrogen functional groups attached to an aromatic ring is 1. The summed E-state index contributed by atoms with van der Waals surface area (Å²) in [5, 5.41) is 10.9. The standard InChI is InChI=1S/C11H16N6O/c1-8(6-17-5-3-4-13-17)14-11(18)10-9(12)7-16(2)15-10/h3-5,7-8H,6,12H2,1-2H3,(H,14,18). The highest BCUT2D eigenvalue weighted by atomic mass is 16.2. The highest BCUT2D eigenvalue weighted by Crippen LogP contribution is 2.07. The number of carbonyl (C=O) groups excluding carboxylic acids is 1. The summed E-state index contributed by atoms with van der Waals surface area (Å²) in [6, 6.07) is 1.78. The summed E-state index contributed by atoms with van der Waals surface area (Å²) in [7, 11) is 1.72. The highest BCUT2D eigenvalue weighted by molar-refractivity contribution is 5.97. The van der Waals surface area contributed by atoms with Gasteiger partial charge in [0.15, 0.2) is 5.69 Å². The van der Waals surface area contributed by atoms with Crippen LogP contribution >= 0.6 is 0 Å². The van der Waals surface area contributed by atoms with Crippen LogP contribution in [-0.4, -0.2) is 31.5 Å². The van der Waals surface area contributed by atoms with Gasteiger partial charge in [-0.1, -0.05) is 0 Å². The Morgan fingerprint density at radius 2 is 2.39 bits per heavy atom. The van der Waals surface area contributed by atoms with Crippen LogP contribution in [-0.2, 0) is 13.6 Å². The van der Waals surface area contributed by atoms with Gasteiger partial charge in [-0.3, -0.25) is 14.2 Å².